The monoisotopic (exact) mass is 490 g/mol. The number of aromatic amines is 1. The van der Waals surface area contributed by atoms with E-state index in [-0.39, 0.29) is 30.4 Å². The molecule has 0 atom stereocenters. The van der Waals surface area contributed by atoms with E-state index in [1.165, 1.54) is 0 Å². The summed E-state index contributed by atoms with van der Waals surface area (Å²) in [5.74, 6) is 0. The number of hydrogen-bond donors (Lipinski definition) is 3. The first-order valence-electron chi connectivity index (χ1n) is 10.4. The lowest BCUT2D eigenvalue weighted by Gasteiger charge is -2.14. The van der Waals surface area contributed by atoms with Crippen LogP contribution in [-0.2, 0) is 6.54 Å². The van der Waals surface area contributed by atoms with E-state index in [2.05, 4.69) is 4.98 Å². The van der Waals surface area contributed by atoms with E-state index in [1.807, 2.05) is 84.9 Å². The molecule has 172 valence electrons. The largest absolute Gasteiger partial charge is 0.399 e. The van der Waals surface area contributed by atoms with E-state index in [9.17, 15) is 4.79 Å². The maximum absolute atomic E-state index is 12.8. The van der Waals surface area contributed by atoms with Crippen LogP contribution in [0.25, 0.3) is 44.4 Å². The molecule has 7 heteroatoms. The van der Waals surface area contributed by atoms with Gasteiger partial charge in [0.2, 0.25) is 0 Å². The highest BCUT2D eigenvalue weighted by atomic mass is 35.5. The van der Waals surface area contributed by atoms with Crippen LogP contribution in [0.4, 0.5) is 5.69 Å². The number of H-pyrrole nitrogens is 1. The van der Waals surface area contributed by atoms with Gasteiger partial charge in [-0.05, 0) is 34.9 Å². The van der Waals surface area contributed by atoms with E-state index >= 15 is 0 Å². The van der Waals surface area contributed by atoms with Gasteiger partial charge in [0, 0.05) is 35.1 Å². The predicted molar refractivity (Wildman–Crippen MR) is 145 cm³/mol. The number of nitrogen functional groups attached to an aromatic ring is 1. The molecule has 5 nitrogen and oxygen atoms in total. The molecule has 34 heavy (non-hydrogen) atoms. The highest BCUT2D eigenvalue weighted by Gasteiger charge is 2.16. The number of pyridine rings is 2. The molecular formula is C27H24Cl2N4O. The minimum absolute atomic E-state index is 0. The second-order valence-corrected chi connectivity index (χ2v) is 7.70. The van der Waals surface area contributed by atoms with Crippen molar-refractivity contribution in [3.63, 3.8) is 0 Å². The molecule has 0 saturated carbocycles. The van der Waals surface area contributed by atoms with Crippen molar-refractivity contribution in [1.29, 1.82) is 0 Å². The first-order valence-corrected chi connectivity index (χ1v) is 10.4. The first-order chi connectivity index (χ1) is 15.6. The van der Waals surface area contributed by atoms with Crippen molar-refractivity contribution in [2.24, 2.45) is 5.73 Å². The van der Waals surface area contributed by atoms with Crippen molar-refractivity contribution in [2.75, 3.05) is 5.73 Å². The van der Waals surface area contributed by atoms with Crippen molar-refractivity contribution >= 4 is 41.4 Å². The third kappa shape index (κ3) is 4.68. The summed E-state index contributed by atoms with van der Waals surface area (Å²) in [4.78, 5) is 20.7. The van der Waals surface area contributed by atoms with E-state index < -0.39 is 0 Å². The average molecular weight is 491 g/mol. The Kier molecular flexibility index (Phi) is 7.74. The number of halogens is 2. The van der Waals surface area contributed by atoms with E-state index in [1.54, 1.807) is 6.20 Å². The Labute approximate surface area is 209 Å². The fourth-order valence-corrected chi connectivity index (χ4v) is 3.96. The quantitative estimate of drug-likeness (QED) is 0.277. The maximum atomic E-state index is 12.8. The Morgan fingerprint density at radius 1 is 0.765 bits per heavy atom. The number of fused-ring (bicyclic) bond motifs is 1. The summed E-state index contributed by atoms with van der Waals surface area (Å²) in [7, 11) is 0. The number of rotatable bonds is 4. The Morgan fingerprint density at radius 3 is 2.15 bits per heavy atom. The summed E-state index contributed by atoms with van der Waals surface area (Å²) in [5.41, 5.74) is 19.3. The fourth-order valence-electron chi connectivity index (χ4n) is 3.96. The number of anilines is 1. The smallest absolute Gasteiger partial charge is 0.257 e. The molecule has 5 rings (SSSR count). The van der Waals surface area contributed by atoms with Crippen LogP contribution >= 0.6 is 24.8 Å². The van der Waals surface area contributed by atoms with Gasteiger partial charge in [-0.3, -0.25) is 4.79 Å². The summed E-state index contributed by atoms with van der Waals surface area (Å²) >= 11 is 0. The molecule has 0 bridgehead atoms. The van der Waals surface area contributed by atoms with Crippen molar-refractivity contribution in [3.8, 4) is 33.5 Å². The van der Waals surface area contributed by atoms with Crippen molar-refractivity contribution in [1.82, 2.24) is 9.97 Å². The Hall–Kier alpha value is -3.64. The molecule has 0 amide bonds. The van der Waals surface area contributed by atoms with Crippen molar-refractivity contribution < 1.29 is 0 Å². The molecule has 0 saturated heterocycles. The van der Waals surface area contributed by atoms with Crippen LogP contribution in [0.1, 0.15) is 5.56 Å². The van der Waals surface area contributed by atoms with Crippen LogP contribution in [-0.4, -0.2) is 9.97 Å². The van der Waals surface area contributed by atoms with Gasteiger partial charge in [0.25, 0.3) is 5.56 Å². The third-order valence-electron chi connectivity index (χ3n) is 5.62. The maximum Gasteiger partial charge on any atom is 0.257 e. The molecule has 0 aliphatic heterocycles. The zero-order valence-electron chi connectivity index (χ0n) is 18.2. The summed E-state index contributed by atoms with van der Waals surface area (Å²) in [6.45, 7) is 0.478. The molecule has 5 N–H and O–H groups in total. The van der Waals surface area contributed by atoms with E-state index in [0.29, 0.717) is 23.1 Å². The lowest BCUT2D eigenvalue weighted by atomic mass is 9.95. The molecule has 0 aliphatic carbocycles. The number of benzene rings is 3. The normalized spacial score (nSPS) is 10.4. The van der Waals surface area contributed by atoms with Crippen molar-refractivity contribution in [2.45, 2.75) is 6.54 Å². The second-order valence-electron chi connectivity index (χ2n) is 7.70. The lowest BCUT2D eigenvalue weighted by molar-refractivity contribution is 1.07. The molecule has 0 unspecified atom stereocenters. The van der Waals surface area contributed by atoms with E-state index in [4.69, 9.17) is 16.5 Å². The van der Waals surface area contributed by atoms with Gasteiger partial charge in [0.15, 0.2) is 0 Å². The lowest BCUT2D eigenvalue weighted by Crippen LogP contribution is -2.08. The molecule has 0 fully saturated rings. The molecule has 0 radical (unpaired) electrons. The fraction of sp³-hybridized carbons (Fsp3) is 0.0370. The van der Waals surface area contributed by atoms with Gasteiger partial charge in [-0.25, -0.2) is 4.98 Å². The van der Waals surface area contributed by atoms with Crippen LogP contribution in [0.3, 0.4) is 0 Å². The SMILES string of the molecule is Cl.Cl.NCc1ccc(-c2nc3c(-c4cccc(N)c4)c[nH]c(=O)c3cc2-c2ccccc2)cc1. The van der Waals surface area contributed by atoms with Gasteiger partial charge in [0.05, 0.1) is 16.6 Å². The van der Waals surface area contributed by atoms with Crippen LogP contribution in [0, 0.1) is 0 Å². The van der Waals surface area contributed by atoms with Gasteiger partial charge in [0.1, 0.15) is 0 Å². The molecule has 2 aromatic heterocycles. The van der Waals surface area contributed by atoms with Gasteiger partial charge in [-0.2, -0.15) is 0 Å². The Bertz CT molecular complexity index is 1480. The second kappa shape index (κ2) is 10.5. The summed E-state index contributed by atoms with van der Waals surface area (Å²) in [6.07, 6.45) is 1.70. The summed E-state index contributed by atoms with van der Waals surface area (Å²) in [5, 5.41) is 0.533. The molecule has 2 heterocycles. The first kappa shape index (κ1) is 25.0. The number of nitrogens with two attached hydrogens (primary N) is 2. The van der Waals surface area contributed by atoms with Gasteiger partial charge < -0.3 is 16.5 Å². The third-order valence-corrected chi connectivity index (χ3v) is 5.62. The molecule has 0 spiro atoms. The highest BCUT2D eigenvalue weighted by Crippen LogP contribution is 2.35. The molecular weight excluding hydrogens is 467 g/mol. The predicted octanol–water partition coefficient (Wildman–Crippen LogP) is 5.81. The van der Waals surface area contributed by atoms with Crippen LogP contribution < -0.4 is 17.0 Å². The number of aromatic nitrogens is 2. The summed E-state index contributed by atoms with van der Waals surface area (Å²) in [6, 6.07) is 27.6. The Balaban J connectivity index is 0.00000162. The number of nitrogens with one attached hydrogen (secondary N) is 1. The zero-order chi connectivity index (χ0) is 22.1. The topological polar surface area (TPSA) is 97.8 Å². The van der Waals surface area contributed by atoms with Gasteiger partial charge >= 0.3 is 0 Å². The average Bonchev–Trinajstić information content (AvgIpc) is 2.84. The summed E-state index contributed by atoms with van der Waals surface area (Å²) < 4.78 is 0. The highest BCUT2D eigenvalue weighted by molar-refractivity contribution is 5.98. The number of hydrogen-bond acceptors (Lipinski definition) is 4. The van der Waals surface area contributed by atoms with Gasteiger partial charge in [-0.15, -0.1) is 24.8 Å². The molecule has 3 aromatic carbocycles. The van der Waals surface area contributed by atoms with Crippen LogP contribution in [0.15, 0.2) is 95.9 Å². The van der Waals surface area contributed by atoms with E-state index in [0.717, 1.165) is 39.1 Å². The Morgan fingerprint density at radius 2 is 1.47 bits per heavy atom. The van der Waals surface area contributed by atoms with Crippen LogP contribution in [0.2, 0.25) is 0 Å². The zero-order valence-corrected chi connectivity index (χ0v) is 19.8. The van der Waals surface area contributed by atoms with Gasteiger partial charge in [-0.1, -0.05) is 66.7 Å². The van der Waals surface area contributed by atoms with Crippen LogP contribution in [0.5, 0.6) is 0 Å². The number of nitrogens with zero attached hydrogens (tertiary/aromatic N) is 1. The molecule has 5 aromatic rings. The molecule has 0 aliphatic rings. The van der Waals surface area contributed by atoms with Crippen molar-refractivity contribution in [3.05, 3.63) is 107 Å². The minimum atomic E-state index is -0.178. The standard InChI is InChI=1S/C27H22N4O.2ClH/c28-15-17-9-11-19(12-10-17)25-22(18-5-2-1-3-6-18)14-23-26(31-25)24(16-30-27(23)32)20-7-4-8-21(29)13-20;;/h1-14,16H,15,28-29H2,(H,30,32);2*1H. The minimum Gasteiger partial charge on any atom is -0.399 e.